The number of imide groups is 1. The molecule has 3 rings (SSSR count). The van der Waals surface area contributed by atoms with Gasteiger partial charge in [-0.15, -0.1) is 0 Å². The van der Waals surface area contributed by atoms with E-state index in [1.807, 2.05) is 37.3 Å². The van der Waals surface area contributed by atoms with Gasteiger partial charge >= 0.3 is 0 Å². The van der Waals surface area contributed by atoms with E-state index in [4.69, 9.17) is 11.6 Å². The van der Waals surface area contributed by atoms with Crippen LogP contribution in [0, 0.1) is 0 Å². The summed E-state index contributed by atoms with van der Waals surface area (Å²) in [6.07, 6.45) is 0.165. The van der Waals surface area contributed by atoms with Crippen LogP contribution in [0.25, 0.3) is 0 Å². The third-order valence-electron chi connectivity index (χ3n) is 3.98. The summed E-state index contributed by atoms with van der Waals surface area (Å²) >= 11 is 5.86. The van der Waals surface area contributed by atoms with Gasteiger partial charge in [0.1, 0.15) is 0 Å². The molecule has 0 bridgehead atoms. The summed E-state index contributed by atoms with van der Waals surface area (Å²) in [5, 5.41) is 3.82. The van der Waals surface area contributed by atoms with E-state index in [2.05, 4.69) is 5.32 Å². The summed E-state index contributed by atoms with van der Waals surface area (Å²) in [5.74, 6) is -0.421. The lowest BCUT2D eigenvalue weighted by Crippen LogP contribution is -2.39. The predicted molar refractivity (Wildman–Crippen MR) is 90.3 cm³/mol. The van der Waals surface area contributed by atoms with E-state index in [-0.39, 0.29) is 24.3 Å². The second-order valence-electron chi connectivity index (χ2n) is 5.60. The van der Waals surface area contributed by atoms with E-state index in [9.17, 15) is 9.59 Å². The molecule has 4 nitrogen and oxygen atoms in total. The zero-order valence-electron chi connectivity index (χ0n) is 12.7. The third kappa shape index (κ3) is 3.28. The van der Waals surface area contributed by atoms with E-state index in [0.717, 1.165) is 5.56 Å². The van der Waals surface area contributed by atoms with Gasteiger partial charge in [0, 0.05) is 11.1 Å². The molecule has 23 heavy (non-hydrogen) atoms. The van der Waals surface area contributed by atoms with Gasteiger partial charge in [-0.2, -0.15) is 0 Å². The maximum absolute atomic E-state index is 12.6. The molecule has 1 aliphatic heterocycles. The minimum absolute atomic E-state index is 0.0110. The Balaban J connectivity index is 1.75. The number of anilines is 1. The SMILES string of the molecule is C[C@@H](N[C@H]1CC(=O)N(c2ccc(Cl)cc2)C1=O)c1ccccc1. The van der Waals surface area contributed by atoms with Gasteiger partial charge in [-0.1, -0.05) is 41.9 Å². The quantitative estimate of drug-likeness (QED) is 0.876. The molecule has 1 aliphatic rings. The number of nitrogens with zero attached hydrogens (tertiary/aromatic N) is 1. The molecule has 0 saturated carbocycles. The number of benzene rings is 2. The van der Waals surface area contributed by atoms with Gasteiger partial charge in [-0.3, -0.25) is 14.9 Å². The summed E-state index contributed by atoms with van der Waals surface area (Å²) in [7, 11) is 0. The number of hydrogen-bond acceptors (Lipinski definition) is 3. The van der Waals surface area contributed by atoms with Crippen LogP contribution < -0.4 is 10.2 Å². The number of carbonyl (C=O) groups is 2. The van der Waals surface area contributed by atoms with Crippen LogP contribution in [0.4, 0.5) is 5.69 Å². The first-order chi connectivity index (χ1) is 11.1. The van der Waals surface area contributed by atoms with E-state index >= 15 is 0 Å². The van der Waals surface area contributed by atoms with Crippen LogP contribution in [0.2, 0.25) is 5.02 Å². The van der Waals surface area contributed by atoms with Crippen molar-refractivity contribution in [2.45, 2.75) is 25.4 Å². The molecule has 5 heteroatoms. The van der Waals surface area contributed by atoms with Crippen molar-refractivity contribution < 1.29 is 9.59 Å². The standard InChI is InChI=1S/C18H17ClN2O2/c1-12(13-5-3-2-4-6-13)20-16-11-17(22)21(18(16)23)15-9-7-14(19)8-10-15/h2-10,12,16,20H,11H2,1H3/t12-,16+/m1/s1. The number of nitrogens with one attached hydrogen (secondary N) is 1. The lowest BCUT2D eigenvalue weighted by Gasteiger charge is -2.19. The fraction of sp³-hybridized carbons (Fsp3) is 0.222. The average molecular weight is 329 g/mol. The molecule has 2 aromatic rings. The average Bonchev–Trinajstić information content (AvgIpc) is 2.83. The zero-order chi connectivity index (χ0) is 16.4. The smallest absolute Gasteiger partial charge is 0.251 e. The Morgan fingerprint density at radius 3 is 2.39 bits per heavy atom. The van der Waals surface area contributed by atoms with Crippen molar-refractivity contribution >= 4 is 29.1 Å². The number of hydrogen-bond donors (Lipinski definition) is 1. The minimum Gasteiger partial charge on any atom is -0.299 e. The molecule has 1 heterocycles. The number of halogens is 1. The molecule has 1 N–H and O–H groups in total. The molecule has 2 atom stereocenters. The zero-order valence-corrected chi connectivity index (χ0v) is 13.5. The molecule has 0 radical (unpaired) electrons. The summed E-state index contributed by atoms with van der Waals surface area (Å²) < 4.78 is 0. The normalized spacial score (nSPS) is 19.2. The first-order valence-electron chi connectivity index (χ1n) is 7.49. The first kappa shape index (κ1) is 15.7. The van der Waals surface area contributed by atoms with Crippen LogP contribution in [-0.4, -0.2) is 17.9 Å². The Morgan fingerprint density at radius 1 is 1.09 bits per heavy atom. The van der Waals surface area contributed by atoms with Gasteiger partial charge in [0.25, 0.3) is 5.91 Å². The highest BCUT2D eigenvalue weighted by molar-refractivity contribution is 6.30. The Labute approximate surface area is 140 Å². The van der Waals surface area contributed by atoms with Crippen molar-refractivity contribution in [2.75, 3.05) is 4.90 Å². The first-order valence-corrected chi connectivity index (χ1v) is 7.87. The summed E-state index contributed by atoms with van der Waals surface area (Å²) in [5.41, 5.74) is 1.64. The summed E-state index contributed by atoms with van der Waals surface area (Å²) in [6, 6.07) is 16.0. The molecule has 0 aromatic heterocycles. The lowest BCUT2D eigenvalue weighted by molar-refractivity contribution is -0.121. The van der Waals surface area contributed by atoms with Gasteiger partial charge < -0.3 is 0 Å². The number of rotatable bonds is 4. The van der Waals surface area contributed by atoms with Crippen molar-refractivity contribution in [1.82, 2.24) is 5.32 Å². The van der Waals surface area contributed by atoms with Gasteiger partial charge in [0.2, 0.25) is 5.91 Å². The van der Waals surface area contributed by atoms with Gasteiger partial charge in [-0.05, 0) is 36.8 Å². The molecule has 2 aromatic carbocycles. The van der Waals surface area contributed by atoms with E-state index in [0.29, 0.717) is 10.7 Å². The Hall–Kier alpha value is -2.17. The van der Waals surface area contributed by atoms with Crippen LogP contribution in [-0.2, 0) is 9.59 Å². The Morgan fingerprint density at radius 2 is 1.74 bits per heavy atom. The van der Waals surface area contributed by atoms with Crippen LogP contribution >= 0.6 is 11.6 Å². The van der Waals surface area contributed by atoms with Crippen LogP contribution in [0.15, 0.2) is 54.6 Å². The maximum atomic E-state index is 12.6. The molecular formula is C18H17ClN2O2. The highest BCUT2D eigenvalue weighted by atomic mass is 35.5. The summed E-state index contributed by atoms with van der Waals surface area (Å²) in [6.45, 7) is 1.98. The van der Waals surface area contributed by atoms with Gasteiger partial charge in [0.15, 0.2) is 0 Å². The molecular weight excluding hydrogens is 312 g/mol. The number of amides is 2. The van der Waals surface area contributed by atoms with Crippen molar-refractivity contribution in [2.24, 2.45) is 0 Å². The second kappa shape index (κ2) is 6.52. The van der Waals surface area contributed by atoms with Crippen LogP contribution in [0.1, 0.15) is 24.9 Å². The molecule has 0 aliphatic carbocycles. The van der Waals surface area contributed by atoms with Crippen molar-refractivity contribution in [1.29, 1.82) is 0 Å². The van der Waals surface area contributed by atoms with Crippen LogP contribution in [0.3, 0.4) is 0 Å². The molecule has 0 unspecified atom stereocenters. The fourth-order valence-corrected chi connectivity index (χ4v) is 2.89. The van der Waals surface area contributed by atoms with Crippen molar-refractivity contribution in [3.8, 4) is 0 Å². The molecule has 1 saturated heterocycles. The minimum atomic E-state index is -0.506. The monoisotopic (exact) mass is 328 g/mol. The molecule has 1 fully saturated rings. The second-order valence-corrected chi connectivity index (χ2v) is 6.04. The molecule has 118 valence electrons. The highest BCUT2D eigenvalue weighted by Gasteiger charge is 2.39. The largest absolute Gasteiger partial charge is 0.299 e. The summed E-state index contributed by atoms with van der Waals surface area (Å²) in [4.78, 5) is 26.0. The van der Waals surface area contributed by atoms with E-state index in [1.165, 1.54) is 4.90 Å². The lowest BCUT2D eigenvalue weighted by atomic mass is 10.1. The van der Waals surface area contributed by atoms with Crippen molar-refractivity contribution in [3.05, 3.63) is 65.2 Å². The van der Waals surface area contributed by atoms with E-state index in [1.54, 1.807) is 24.3 Å². The maximum Gasteiger partial charge on any atom is 0.251 e. The van der Waals surface area contributed by atoms with Gasteiger partial charge in [0.05, 0.1) is 18.2 Å². The van der Waals surface area contributed by atoms with Crippen molar-refractivity contribution in [3.63, 3.8) is 0 Å². The van der Waals surface area contributed by atoms with E-state index < -0.39 is 6.04 Å². The third-order valence-corrected chi connectivity index (χ3v) is 4.23. The topological polar surface area (TPSA) is 49.4 Å². The van der Waals surface area contributed by atoms with Gasteiger partial charge in [-0.25, -0.2) is 4.90 Å². The fourth-order valence-electron chi connectivity index (χ4n) is 2.76. The predicted octanol–water partition coefficient (Wildman–Crippen LogP) is 3.32. The Bertz CT molecular complexity index is 716. The Kier molecular flexibility index (Phi) is 4.46. The highest BCUT2D eigenvalue weighted by Crippen LogP contribution is 2.25. The van der Waals surface area contributed by atoms with Crippen LogP contribution in [0.5, 0.6) is 0 Å². The number of carbonyl (C=O) groups excluding carboxylic acids is 2. The molecule has 2 amide bonds. The molecule has 0 spiro atoms.